The molecule has 1 amide bonds. The number of rotatable bonds is 4. The molecule has 1 rings (SSSR count). The molecule has 0 aliphatic heterocycles. The number of thiophene rings is 1. The van der Waals surface area contributed by atoms with E-state index in [2.05, 4.69) is 21.2 Å². The summed E-state index contributed by atoms with van der Waals surface area (Å²) in [6.45, 7) is 5.25. The number of aliphatic carboxylic acids is 1. The Morgan fingerprint density at radius 3 is 2.58 bits per heavy atom. The molecule has 0 aliphatic rings. The second kappa shape index (κ2) is 6.38. The Morgan fingerprint density at radius 2 is 2.16 bits per heavy atom. The Labute approximate surface area is 124 Å². The predicted octanol–water partition coefficient (Wildman–Crippen LogP) is 3.55. The Kier molecular flexibility index (Phi) is 5.37. The zero-order valence-corrected chi connectivity index (χ0v) is 13.3. The fraction of sp³-hybridized carbons (Fsp3) is 0.500. The summed E-state index contributed by atoms with van der Waals surface area (Å²) in [5, 5.41) is 13.3. The number of halogens is 1. The van der Waals surface area contributed by atoms with E-state index in [1.807, 2.05) is 11.4 Å². The van der Waals surface area contributed by atoms with Crippen molar-refractivity contribution in [3.63, 3.8) is 0 Å². The molecule has 1 heterocycles. The molecule has 2 N–H and O–H groups in total. The van der Waals surface area contributed by atoms with E-state index in [9.17, 15) is 9.59 Å². The summed E-state index contributed by atoms with van der Waals surface area (Å²) < 4.78 is 5.91. The molecule has 5 nitrogen and oxygen atoms in total. The molecular weight excluding hydrogens is 334 g/mol. The molecule has 0 spiro atoms. The van der Waals surface area contributed by atoms with Gasteiger partial charge in [-0.15, -0.1) is 11.3 Å². The normalized spacial score (nSPS) is 12.8. The van der Waals surface area contributed by atoms with Gasteiger partial charge >= 0.3 is 12.1 Å². The van der Waals surface area contributed by atoms with Gasteiger partial charge in [0.2, 0.25) is 0 Å². The second-order valence-electron chi connectivity index (χ2n) is 4.93. The molecule has 1 atom stereocenters. The van der Waals surface area contributed by atoms with Gasteiger partial charge in [-0.2, -0.15) is 0 Å². The summed E-state index contributed by atoms with van der Waals surface area (Å²) in [4.78, 5) is 23.4. The van der Waals surface area contributed by atoms with Crippen LogP contribution in [0.2, 0.25) is 0 Å². The third-order valence-corrected chi connectivity index (χ3v) is 4.02. The van der Waals surface area contributed by atoms with Crippen molar-refractivity contribution >= 4 is 39.3 Å². The fourth-order valence-corrected chi connectivity index (χ4v) is 3.09. The first-order valence-electron chi connectivity index (χ1n) is 5.63. The van der Waals surface area contributed by atoms with Crippen LogP contribution < -0.4 is 5.32 Å². The number of nitrogens with one attached hydrogen (secondary N) is 1. The average molecular weight is 350 g/mol. The van der Waals surface area contributed by atoms with Crippen LogP contribution in [0.4, 0.5) is 4.79 Å². The third kappa shape index (κ3) is 5.61. The largest absolute Gasteiger partial charge is 0.481 e. The summed E-state index contributed by atoms with van der Waals surface area (Å²) >= 11 is 4.71. The van der Waals surface area contributed by atoms with Crippen molar-refractivity contribution in [2.75, 3.05) is 0 Å². The highest BCUT2D eigenvalue weighted by molar-refractivity contribution is 9.10. The highest BCUT2D eigenvalue weighted by Crippen LogP contribution is 2.31. The zero-order chi connectivity index (χ0) is 14.6. The predicted molar refractivity (Wildman–Crippen MR) is 76.4 cm³/mol. The van der Waals surface area contributed by atoms with Crippen molar-refractivity contribution in [2.24, 2.45) is 0 Å². The molecule has 0 aliphatic carbocycles. The van der Waals surface area contributed by atoms with Crippen molar-refractivity contribution in [1.82, 2.24) is 5.32 Å². The lowest BCUT2D eigenvalue weighted by atomic mass is 10.1. The Morgan fingerprint density at radius 1 is 1.53 bits per heavy atom. The maximum atomic E-state index is 11.7. The number of amides is 1. The van der Waals surface area contributed by atoms with E-state index in [-0.39, 0.29) is 6.42 Å². The van der Waals surface area contributed by atoms with E-state index in [4.69, 9.17) is 9.84 Å². The molecule has 106 valence electrons. The van der Waals surface area contributed by atoms with Crippen LogP contribution >= 0.6 is 27.3 Å². The van der Waals surface area contributed by atoms with Crippen molar-refractivity contribution in [3.05, 3.63) is 20.8 Å². The van der Waals surface area contributed by atoms with E-state index < -0.39 is 23.7 Å². The standard InChI is InChI=1S/C12H16BrNO4S/c1-12(2,3)18-11(17)14-8(6-9(15)16)10-7(13)4-5-19-10/h4-5,8H,6H2,1-3H3,(H,14,17)(H,15,16). The summed E-state index contributed by atoms with van der Waals surface area (Å²) in [7, 11) is 0. The molecule has 7 heteroatoms. The Hall–Kier alpha value is -1.08. The molecule has 1 aromatic rings. The van der Waals surface area contributed by atoms with Gasteiger partial charge in [0.1, 0.15) is 5.60 Å². The molecule has 0 bridgehead atoms. The highest BCUT2D eigenvalue weighted by atomic mass is 79.9. The number of carbonyl (C=O) groups excluding carboxylic acids is 1. The number of hydrogen-bond acceptors (Lipinski definition) is 4. The van der Waals surface area contributed by atoms with E-state index in [1.165, 1.54) is 11.3 Å². The van der Waals surface area contributed by atoms with Gasteiger partial charge in [0.05, 0.1) is 12.5 Å². The first-order chi connectivity index (χ1) is 8.69. The van der Waals surface area contributed by atoms with Gasteiger partial charge in [0, 0.05) is 9.35 Å². The van der Waals surface area contributed by atoms with Crippen molar-refractivity contribution in [2.45, 2.75) is 38.8 Å². The molecule has 0 radical (unpaired) electrons. The van der Waals surface area contributed by atoms with Crippen LogP contribution in [0.1, 0.15) is 38.1 Å². The van der Waals surface area contributed by atoms with E-state index in [0.717, 1.165) is 9.35 Å². The van der Waals surface area contributed by atoms with Crippen molar-refractivity contribution < 1.29 is 19.4 Å². The number of hydrogen-bond donors (Lipinski definition) is 2. The molecule has 0 aromatic carbocycles. The first-order valence-corrected chi connectivity index (χ1v) is 7.30. The summed E-state index contributed by atoms with van der Waals surface area (Å²) in [5.41, 5.74) is -0.620. The maximum Gasteiger partial charge on any atom is 0.408 e. The minimum atomic E-state index is -0.985. The van der Waals surface area contributed by atoms with Crippen LogP contribution in [0.15, 0.2) is 15.9 Å². The van der Waals surface area contributed by atoms with E-state index in [1.54, 1.807) is 20.8 Å². The number of ether oxygens (including phenoxy) is 1. The van der Waals surface area contributed by atoms with Gasteiger partial charge in [-0.3, -0.25) is 4.79 Å². The van der Waals surface area contributed by atoms with Crippen LogP contribution in [0.25, 0.3) is 0 Å². The average Bonchev–Trinajstić information content (AvgIpc) is 2.59. The van der Waals surface area contributed by atoms with Crippen molar-refractivity contribution in [3.8, 4) is 0 Å². The van der Waals surface area contributed by atoms with Gasteiger partial charge in [-0.05, 0) is 48.1 Å². The van der Waals surface area contributed by atoms with Crippen molar-refractivity contribution in [1.29, 1.82) is 0 Å². The molecule has 0 saturated carbocycles. The van der Waals surface area contributed by atoms with Crippen LogP contribution in [-0.4, -0.2) is 22.8 Å². The number of carboxylic acids is 1. The monoisotopic (exact) mass is 349 g/mol. The van der Waals surface area contributed by atoms with Gasteiger partial charge in [0.15, 0.2) is 0 Å². The third-order valence-electron chi connectivity index (χ3n) is 2.03. The number of carbonyl (C=O) groups is 2. The second-order valence-corrected chi connectivity index (χ2v) is 6.73. The Balaban J connectivity index is 2.79. The van der Waals surface area contributed by atoms with Gasteiger partial charge < -0.3 is 15.2 Å². The van der Waals surface area contributed by atoms with Gasteiger partial charge in [0.25, 0.3) is 0 Å². The first kappa shape index (κ1) is 16.0. The lowest BCUT2D eigenvalue weighted by Crippen LogP contribution is -2.35. The lowest BCUT2D eigenvalue weighted by molar-refractivity contribution is -0.137. The van der Waals surface area contributed by atoms with Crippen LogP contribution in [0.3, 0.4) is 0 Å². The number of carboxylic acid groups (broad SMARTS) is 1. The van der Waals surface area contributed by atoms with E-state index in [0.29, 0.717) is 0 Å². The molecule has 0 fully saturated rings. The summed E-state index contributed by atoms with van der Waals surface area (Å²) in [6, 6.07) is 1.20. The van der Waals surface area contributed by atoms with Gasteiger partial charge in [-0.25, -0.2) is 4.79 Å². The molecule has 1 unspecified atom stereocenters. The van der Waals surface area contributed by atoms with Crippen LogP contribution in [0.5, 0.6) is 0 Å². The maximum absolute atomic E-state index is 11.7. The topological polar surface area (TPSA) is 75.6 Å². The quantitative estimate of drug-likeness (QED) is 0.871. The molecule has 19 heavy (non-hydrogen) atoms. The minimum Gasteiger partial charge on any atom is -0.481 e. The zero-order valence-electron chi connectivity index (χ0n) is 10.9. The molecule has 0 saturated heterocycles. The molecular formula is C12H16BrNO4S. The smallest absolute Gasteiger partial charge is 0.408 e. The molecule has 1 aromatic heterocycles. The summed E-state index contributed by atoms with van der Waals surface area (Å²) in [5.74, 6) is -0.985. The van der Waals surface area contributed by atoms with Crippen LogP contribution in [0, 0.1) is 0 Å². The summed E-state index contributed by atoms with van der Waals surface area (Å²) in [6.07, 6.45) is -0.822. The van der Waals surface area contributed by atoms with Crippen LogP contribution in [-0.2, 0) is 9.53 Å². The van der Waals surface area contributed by atoms with E-state index >= 15 is 0 Å². The SMILES string of the molecule is CC(C)(C)OC(=O)NC(CC(=O)O)c1sccc1Br. The minimum absolute atomic E-state index is 0.196. The number of alkyl carbamates (subject to hydrolysis) is 1. The lowest BCUT2D eigenvalue weighted by Gasteiger charge is -2.22. The highest BCUT2D eigenvalue weighted by Gasteiger charge is 2.24. The Bertz CT molecular complexity index is 467. The van der Waals surface area contributed by atoms with Gasteiger partial charge in [-0.1, -0.05) is 0 Å². The fourth-order valence-electron chi connectivity index (χ4n) is 1.39.